The summed E-state index contributed by atoms with van der Waals surface area (Å²) in [6, 6.07) is 3.89. The van der Waals surface area contributed by atoms with Crippen molar-refractivity contribution in [2.75, 3.05) is 6.54 Å². The largest absolute Gasteiger partial charge is 0.483 e. The van der Waals surface area contributed by atoms with Crippen LogP contribution in [0, 0.1) is 21.8 Å². The van der Waals surface area contributed by atoms with Crippen LogP contribution in [0.15, 0.2) is 18.2 Å². The Morgan fingerprint density at radius 1 is 1.50 bits per heavy atom. The fourth-order valence-electron chi connectivity index (χ4n) is 2.36. The van der Waals surface area contributed by atoms with E-state index in [9.17, 15) is 14.5 Å². The fraction of sp³-hybridized carbons (Fsp3) is 0.500. The van der Waals surface area contributed by atoms with Gasteiger partial charge in [-0.25, -0.2) is 0 Å². The highest BCUT2D eigenvalue weighted by atomic mass is 19.1. The third kappa shape index (κ3) is 2.43. The molecular formula is C12H15FN2O3. The van der Waals surface area contributed by atoms with Crippen LogP contribution >= 0.6 is 0 Å². The molecule has 0 amide bonds. The molecule has 1 aliphatic carbocycles. The molecule has 2 atom stereocenters. The van der Waals surface area contributed by atoms with E-state index in [0.29, 0.717) is 6.54 Å². The van der Waals surface area contributed by atoms with Gasteiger partial charge in [0.05, 0.1) is 4.92 Å². The van der Waals surface area contributed by atoms with Gasteiger partial charge in [-0.3, -0.25) is 10.1 Å². The number of nitro benzene ring substituents is 1. The molecule has 1 aromatic carbocycles. The topological polar surface area (TPSA) is 78.4 Å². The van der Waals surface area contributed by atoms with E-state index in [1.807, 2.05) is 0 Å². The van der Waals surface area contributed by atoms with Gasteiger partial charge in [0, 0.05) is 5.92 Å². The molecule has 98 valence electrons. The number of halogens is 1. The number of nitrogens with two attached hydrogens (primary N) is 1. The number of benzene rings is 1. The van der Waals surface area contributed by atoms with Crippen molar-refractivity contribution in [1.29, 1.82) is 0 Å². The molecule has 1 saturated carbocycles. The Balaban J connectivity index is 2.23. The predicted octanol–water partition coefficient (Wildman–Crippen LogP) is 2.24. The van der Waals surface area contributed by atoms with Crippen LogP contribution in [0.4, 0.5) is 10.1 Å². The lowest BCUT2D eigenvalue weighted by molar-refractivity contribution is -0.388. The van der Waals surface area contributed by atoms with Crippen molar-refractivity contribution in [3.63, 3.8) is 0 Å². The average Bonchev–Trinajstić information content (AvgIpc) is 2.76. The number of ether oxygens (including phenoxy) is 1. The summed E-state index contributed by atoms with van der Waals surface area (Å²) < 4.78 is 19.0. The highest BCUT2D eigenvalue weighted by molar-refractivity contribution is 5.47. The highest BCUT2D eigenvalue weighted by Gasteiger charge is 2.31. The van der Waals surface area contributed by atoms with Gasteiger partial charge in [0.1, 0.15) is 6.10 Å². The average molecular weight is 254 g/mol. The summed E-state index contributed by atoms with van der Waals surface area (Å²) in [6.45, 7) is 0.480. The molecule has 0 aliphatic heterocycles. The second kappa shape index (κ2) is 5.30. The van der Waals surface area contributed by atoms with E-state index in [4.69, 9.17) is 10.5 Å². The lowest BCUT2D eigenvalue weighted by Gasteiger charge is -2.19. The lowest BCUT2D eigenvalue weighted by Crippen LogP contribution is -2.27. The Morgan fingerprint density at radius 3 is 2.94 bits per heavy atom. The van der Waals surface area contributed by atoms with Gasteiger partial charge in [-0.15, -0.1) is 0 Å². The molecule has 2 rings (SSSR count). The minimum absolute atomic E-state index is 0.00894. The van der Waals surface area contributed by atoms with Gasteiger partial charge in [-0.05, 0) is 37.9 Å². The maximum absolute atomic E-state index is 13.4. The molecule has 1 aromatic rings. The number of nitro groups is 1. The molecule has 5 nitrogen and oxygen atoms in total. The summed E-state index contributed by atoms with van der Waals surface area (Å²) in [5.74, 6) is -0.696. The lowest BCUT2D eigenvalue weighted by atomic mass is 10.1. The Kier molecular flexibility index (Phi) is 3.76. The monoisotopic (exact) mass is 254 g/mol. The molecule has 1 fully saturated rings. The predicted molar refractivity (Wildman–Crippen MR) is 63.9 cm³/mol. The first-order valence-electron chi connectivity index (χ1n) is 5.93. The van der Waals surface area contributed by atoms with E-state index in [1.165, 1.54) is 12.1 Å². The maximum atomic E-state index is 13.4. The van der Waals surface area contributed by atoms with Crippen molar-refractivity contribution >= 4 is 5.69 Å². The van der Waals surface area contributed by atoms with Crippen LogP contribution < -0.4 is 10.5 Å². The summed E-state index contributed by atoms with van der Waals surface area (Å²) in [4.78, 5) is 10.1. The smallest absolute Gasteiger partial charge is 0.346 e. The molecule has 2 unspecified atom stereocenters. The normalized spacial score (nSPS) is 23.0. The molecular weight excluding hydrogens is 239 g/mol. The van der Waals surface area contributed by atoms with Crippen LogP contribution in [0.3, 0.4) is 0 Å². The Bertz CT molecular complexity index is 453. The van der Waals surface area contributed by atoms with Crippen LogP contribution in [0.5, 0.6) is 5.75 Å². The second-order valence-electron chi connectivity index (χ2n) is 4.43. The zero-order valence-electron chi connectivity index (χ0n) is 9.84. The second-order valence-corrected chi connectivity index (χ2v) is 4.43. The van der Waals surface area contributed by atoms with E-state index in [-0.39, 0.29) is 17.8 Å². The van der Waals surface area contributed by atoms with Crippen molar-refractivity contribution in [3.05, 3.63) is 34.1 Å². The summed E-state index contributed by atoms with van der Waals surface area (Å²) in [6.07, 6.45) is 2.57. The summed E-state index contributed by atoms with van der Waals surface area (Å²) in [5, 5.41) is 10.8. The van der Waals surface area contributed by atoms with E-state index in [0.717, 1.165) is 25.3 Å². The molecule has 0 bridgehead atoms. The van der Waals surface area contributed by atoms with Crippen LogP contribution in [-0.4, -0.2) is 17.6 Å². The Hall–Kier alpha value is -1.69. The number of rotatable bonds is 4. The Labute approximate surface area is 104 Å². The van der Waals surface area contributed by atoms with Crippen LogP contribution in [0.2, 0.25) is 0 Å². The number of hydrogen-bond donors (Lipinski definition) is 1. The first kappa shape index (κ1) is 12.8. The number of hydrogen-bond acceptors (Lipinski definition) is 4. The SMILES string of the molecule is NCC1CCCC1Oc1cccc(F)c1[N+](=O)[O-]. The minimum atomic E-state index is -0.875. The minimum Gasteiger partial charge on any atom is -0.483 e. The van der Waals surface area contributed by atoms with Crippen molar-refractivity contribution in [3.8, 4) is 5.75 Å². The van der Waals surface area contributed by atoms with Gasteiger partial charge < -0.3 is 10.5 Å². The van der Waals surface area contributed by atoms with Crippen molar-refractivity contribution < 1.29 is 14.1 Å². The summed E-state index contributed by atoms with van der Waals surface area (Å²) >= 11 is 0. The highest BCUT2D eigenvalue weighted by Crippen LogP contribution is 2.35. The van der Waals surface area contributed by atoms with Gasteiger partial charge in [-0.2, -0.15) is 4.39 Å². The van der Waals surface area contributed by atoms with E-state index in [1.54, 1.807) is 0 Å². The van der Waals surface area contributed by atoms with E-state index >= 15 is 0 Å². The van der Waals surface area contributed by atoms with Crippen molar-refractivity contribution in [2.24, 2.45) is 11.7 Å². The molecule has 18 heavy (non-hydrogen) atoms. The van der Waals surface area contributed by atoms with Gasteiger partial charge in [-0.1, -0.05) is 6.07 Å². The fourth-order valence-corrected chi connectivity index (χ4v) is 2.36. The summed E-state index contributed by atoms with van der Waals surface area (Å²) in [5.41, 5.74) is 5.02. The van der Waals surface area contributed by atoms with Crippen molar-refractivity contribution in [1.82, 2.24) is 0 Å². The number of para-hydroxylation sites is 1. The van der Waals surface area contributed by atoms with Gasteiger partial charge in [0.25, 0.3) is 0 Å². The van der Waals surface area contributed by atoms with Gasteiger partial charge in [0.2, 0.25) is 11.6 Å². The first-order chi connectivity index (χ1) is 8.63. The molecule has 2 N–H and O–H groups in total. The van der Waals surface area contributed by atoms with Crippen LogP contribution in [0.25, 0.3) is 0 Å². The summed E-state index contributed by atoms with van der Waals surface area (Å²) in [7, 11) is 0. The first-order valence-corrected chi connectivity index (χ1v) is 5.93. The van der Waals surface area contributed by atoms with E-state index in [2.05, 4.69) is 0 Å². The third-order valence-corrected chi connectivity index (χ3v) is 3.30. The Morgan fingerprint density at radius 2 is 2.28 bits per heavy atom. The van der Waals surface area contributed by atoms with Gasteiger partial charge >= 0.3 is 5.69 Å². The molecule has 6 heteroatoms. The molecule has 0 radical (unpaired) electrons. The molecule has 0 aromatic heterocycles. The molecule has 0 spiro atoms. The number of nitrogens with zero attached hydrogens (tertiary/aromatic N) is 1. The van der Waals surface area contributed by atoms with Crippen LogP contribution in [-0.2, 0) is 0 Å². The zero-order valence-corrected chi connectivity index (χ0v) is 9.84. The third-order valence-electron chi connectivity index (χ3n) is 3.30. The zero-order chi connectivity index (χ0) is 13.1. The molecule has 0 heterocycles. The standard InChI is InChI=1S/C12H15FN2O3/c13-9-4-2-6-11(12(9)15(16)17)18-10-5-1-3-8(10)7-14/h2,4,6,8,10H,1,3,5,7,14H2. The van der Waals surface area contributed by atoms with Crippen molar-refractivity contribution in [2.45, 2.75) is 25.4 Å². The quantitative estimate of drug-likeness (QED) is 0.660. The molecule has 1 aliphatic rings. The van der Waals surface area contributed by atoms with Crippen LogP contribution in [0.1, 0.15) is 19.3 Å². The van der Waals surface area contributed by atoms with E-state index < -0.39 is 16.4 Å². The maximum Gasteiger partial charge on any atom is 0.346 e. The van der Waals surface area contributed by atoms with Gasteiger partial charge in [0.15, 0.2) is 0 Å². The molecule has 0 saturated heterocycles.